The summed E-state index contributed by atoms with van der Waals surface area (Å²) >= 11 is 5.84. The molecule has 0 radical (unpaired) electrons. The molecule has 0 bridgehead atoms. The summed E-state index contributed by atoms with van der Waals surface area (Å²) in [5.41, 5.74) is 0. The van der Waals surface area contributed by atoms with Crippen LogP contribution in [0.3, 0.4) is 0 Å². The van der Waals surface area contributed by atoms with Crippen molar-refractivity contribution in [3.63, 3.8) is 0 Å². The molecule has 1 fully saturated rings. The summed E-state index contributed by atoms with van der Waals surface area (Å²) < 4.78 is 0. The minimum absolute atomic E-state index is 0.857. The fraction of sp³-hybridized carbons (Fsp3) is 0.400. The lowest BCUT2D eigenvalue weighted by atomic mass is 10.4. The minimum Gasteiger partial charge on any atom is -0.0843 e. The molecular weight excluding hydrogens is 184 g/mol. The molecule has 0 aromatic heterocycles. The molecule has 1 aliphatic rings. The molecule has 0 unspecified atom stereocenters. The third kappa shape index (κ3) is 1.32. The van der Waals surface area contributed by atoms with Crippen LogP contribution in [0, 0.1) is 0 Å². The van der Waals surface area contributed by atoms with Crippen molar-refractivity contribution in [2.24, 2.45) is 0 Å². The molecule has 1 saturated heterocycles. The number of hydrogen-bond acceptors (Lipinski definition) is 0. The second kappa shape index (κ2) is 2.89. The van der Waals surface area contributed by atoms with Gasteiger partial charge in [-0.2, -0.15) is 0 Å². The van der Waals surface area contributed by atoms with E-state index in [4.69, 9.17) is 11.6 Å². The first kappa shape index (κ1) is 8.33. The Kier molecular flexibility index (Phi) is 2.01. The first-order valence-electron chi connectivity index (χ1n) is 4.47. The third-order valence-corrected chi connectivity index (χ3v) is 7.89. The fourth-order valence-corrected chi connectivity index (χ4v) is 4.94. The van der Waals surface area contributed by atoms with Gasteiger partial charge in [0.2, 0.25) is 0 Å². The topological polar surface area (TPSA) is 0 Å². The standard InChI is InChI=1S/C10H13ClSi/c1-12(7-2-8-12)10-5-3-9(11)4-6-10/h3-6H,2,7-8H2,1H3. The van der Waals surface area contributed by atoms with Crippen LogP contribution in [0.5, 0.6) is 0 Å². The smallest absolute Gasteiger partial charge is 0.0836 e. The van der Waals surface area contributed by atoms with Gasteiger partial charge in [-0.05, 0) is 12.1 Å². The maximum atomic E-state index is 5.84. The van der Waals surface area contributed by atoms with E-state index in [2.05, 4.69) is 18.7 Å². The molecule has 2 rings (SSSR count). The van der Waals surface area contributed by atoms with Crippen LogP contribution < -0.4 is 5.19 Å². The second-order valence-electron chi connectivity index (χ2n) is 3.92. The summed E-state index contributed by atoms with van der Waals surface area (Å²) in [6.07, 6.45) is 1.44. The fourth-order valence-electron chi connectivity index (χ4n) is 1.85. The van der Waals surface area contributed by atoms with Crippen LogP contribution in [-0.4, -0.2) is 8.07 Å². The highest BCUT2D eigenvalue weighted by atomic mass is 35.5. The SMILES string of the molecule is C[Si]1(c2ccc(Cl)cc2)CCC1. The molecule has 12 heavy (non-hydrogen) atoms. The van der Waals surface area contributed by atoms with Gasteiger partial charge in [-0.3, -0.25) is 0 Å². The van der Waals surface area contributed by atoms with E-state index in [1.807, 2.05) is 12.1 Å². The lowest BCUT2D eigenvalue weighted by molar-refractivity contribution is 0.917. The number of benzene rings is 1. The molecule has 1 aliphatic heterocycles. The summed E-state index contributed by atoms with van der Waals surface area (Å²) in [5.74, 6) is 0. The zero-order chi connectivity index (χ0) is 8.60. The van der Waals surface area contributed by atoms with Crippen molar-refractivity contribution in [3.8, 4) is 0 Å². The highest BCUT2D eigenvalue weighted by Gasteiger charge is 2.35. The Morgan fingerprint density at radius 3 is 2.17 bits per heavy atom. The molecule has 1 aromatic carbocycles. The Balaban J connectivity index is 2.28. The van der Waals surface area contributed by atoms with Crippen LogP contribution in [0.25, 0.3) is 0 Å². The minimum atomic E-state index is -0.954. The molecule has 1 aromatic rings. The number of hydrogen-bond donors (Lipinski definition) is 0. The van der Waals surface area contributed by atoms with Crippen LogP contribution in [0.2, 0.25) is 23.7 Å². The highest BCUT2D eigenvalue weighted by Crippen LogP contribution is 2.31. The van der Waals surface area contributed by atoms with E-state index in [9.17, 15) is 0 Å². The van der Waals surface area contributed by atoms with Crippen LogP contribution in [-0.2, 0) is 0 Å². The molecule has 1 heterocycles. The summed E-state index contributed by atoms with van der Waals surface area (Å²) in [4.78, 5) is 0. The van der Waals surface area contributed by atoms with Gasteiger partial charge in [0, 0.05) is 5.02 Å². The van der Waals surface area contributed by atoms with E-state index in [0.29, 0.717) is 0 Å². The van der Waals surface area contributed by atoms with Gasteiger partial charge < -0.3 is 0 Å². The van der Waals surface area contributed by atoms with E-state index in [1.54, 1.807) is 5.19 Å². The Hall–Kier alpha value is -0.273. The van der Waals surface area contributed by atoms with Gasteiger partial charge >= 0.3 is 0 Å². The van der Waals surface area contributed by atoms with Crippen molar-refractivity contribution in [2.45, 2.75) is 25.1 Å². The quantitative estimate of drug-likeness (QED) is 0.606. The monoisotopic (exact) mass is 196 g/mol. The van der Waals surface area contributed by atoms with Crippen molar-refractivity contribution in [1.82, 2.24) is 0 Å². The number of rotatable bonds is 1. The molecule has 0 nitrogen and oxygen atoms in total. The third-order valence-electron chi connectivity index (χ3n) is 3.00. The number of halogens is 1. The van der Waals surface area contributed by atoms with E-state index in [-0.39, 0.29) is 0 Å². The average Bonchev–Trinajstić information content (AvgIpc) is 2.02. The van der Waals surface area contributed by atoms with Gasteiger partial charge in [-0.1, -0.05) is 54.0 Å². The zero-order valence-electron chi connectivity index (χ0n) is 7.31. The molecule has 0 N–H and O–H groups in total. The first-order chi connectivity index (χ1) is 5.71. The normalized spacial score (nSPS) is 20.2. The van der Waals surface area contributed by atoms with Crippen LogP contribution >= 0.6 is 11.6 Å². The van der Waals surface area contributed by atoms with E-state index < -0.39 is 8.07 Å². The van der Waals surface area contributed by atoms with Crippen LogP contribution in [0.15, 0.2) is 24.3 Å². The highest BCUT2D eigenvalue weighted by molar-refractivity contribution is 6.92. The van der Waals surface area contributed by atoms with Crippen LogP contribution in [0.1, 0.15) is 6.42 Å². The molecule has 0 amide bonds. The summed E-state index contributed by atoms with van der Waals surface area (Å²) in [7, 11) is -0.954. The Morgan fingerprint density at radius 2 is 1.75 bits per heavy atom. The maximum Gasteiger partial charge on any atom is 0.0836 e. The van der Waals surface area contributed by atoms with Crippen molar-refractivity contribution >= 4 is 24.9 Å². The van der Waals surface area contributed by atoms with E-state index in [1.165, 1.54) is 18.5 Å². The maximum absolute atomic E-state index is 5.84. The van der Waals surface area contributed by atoms with Gasteiger partial charge in [0.25, 0.3) is 0 Å². The predicted octanol–water partition coefficient (Wildman–Crippen LogP) is 3.03. The van der Waals surface area contributed by atoms with Crippen molar-refractivity contribution in [2.75, 3.05) is 0 Å². The second-order valence-corrected chi connectivity index (χ2v) is 9.06. The van der Waals surface area contributed by atoms with Crippen LogP contribution in [0.4, 0.5) is 0 Å². The van der Waals surface area contributed by atoms with Crippen molar-refractivity contribution < 1.29 is 0 Å². The predicted molar refractivity (Wildman–Crippen MR) is 56.9 cm³/mol. The lowest BCUT2D eigenvalue weighted by Gasteiger charge is -2.36. The van der Waals surface area contributed by atoms with Gasteiger partial charge in [-0.25, -0.2) is 0 Å². The van der Waals surface area contributed by atoms with Crippen molar-refractivity contribution in [1.29, 1.82) is 0 Å². The Morgan fingerprint density at radius 1 is 1.17 bits per heavy atom. The van der Waals surface area contributed by atoms with Gasteiger partial charge in [-0.15, -0.1) is 0 Å². The average molecular weight is 197 g/mol. The first-order valence-corrected chi connectivity index (χ1v) is 7.76. The zero-order valence-corrected chi connectivity index (χ0v) is 9.06. The largest absolute Gasteiger partial charge is 0.0843 e. The molecule has 0 spiro atoms. The van der Waals surface area contributed by atoms with Crippen molar-refractivity contribution in [3.05, 3.63) is 29.3 Å². The summed E-state index contributed by atoms with van der Waals surface area (Å²) in [5, 5.41) is 2.44. The lowest BCUT2D eigenvalue weighted by Crippen LogP contribution is -2.50. The molecule has 0 aliphatic carbocycles. The van der Waals surface area contributed by atoms with Gasteiger partial charge in [0.05, 0.1) is 8.07 Å². The molecule has 0 atom stereocenters. The molecule has 64 valence electrons. The molecule has 0 saturated carbocycles. The molecular formula is C10H13ClSi. The molecule has 2 heteroatoms. The Labute approximate surface area is 79.6 Å². The van der Waals surface area contributed by atoms with Gasteiger partial charge in [0.1, 0.15) is 0 Å². The van der Waals surface area contributed by atoms with E-state index in [0.717, 1.165) is 5.02 Å². The summed E-state index contributed by atoms with van der Waals surface area (Å²) in [6.45, 7) is 2.47. The summed E-state index contributed by atoms with van der Waals surface area (Å²) in [6, 6.07) is 11.4. The Bertz CT molecular complexity index is 274. The van der Waals surface area contributed by atoms with E-state index >= 15 is 0 Å². The van der Waals surface area contributed by atoms with Gasteiger partial charge in [0.15, 0.2) is 0 Å².